The minimum atomic E-state index is -0.173. The van der Waals surface area contributed by atoms with Crippen molar-refractivity contribution in [2.24, 2.45) is 5.92 Å². The molecule has 0 radical (unpaired) electrons. The molecule has 0 bridgehead atoms. The highest BCUT2D eigenvalue weighted by molar-refractivity contribution is 5.87. The third-order valence-corrected chi connectivity index (χ3v) is 4.71. The predicted molar refractivity (Wildman–Crippen MR) is 87.7 cm³/mol. The molecule has 1 unspecified atom stereocenters. The van der Waals surface area contributed by atoms with Crippen LogP contribution in [0.2, 0.25) is 0 Å². The zero-order valence-corrected chi connectivity index (χ0v) is 14.1. The van der Waals surface area contributed by atoms with E-state index < -0.39 is 0 Å². The number of rotatable bonds is 3. The number of anilines is 1. The highest BCUT2D eigenvalue weighted by Gasteiger charge is 2.33. The van der Waals surface area contributed by atoms with E-state index in [1.165, 1.54) is 0 Å². The van der Waals surface area contributed by atoms with Crippen LogP contribution in [0, 0.1) is 5.92 Å². The normalized spacial score (nSPS) is 21.8. The zero-order valence-electron chi connectivity index (χ0n) is 14.1. The van der Waals surface area contributed by atoms with Crippen molar-refractivity contribution in [3.8, 4) is 5.88 Å². The fourth-order valence-electron chi connectivity index (χ4n) is 3.14. The maximum absolute atomic E-state index is 12.6. The van der Waals surface area contributed by atoms with Crippen molar-refractivity contribution in [2.75, 3.05) is 51.8 Å². The third-order valence-electron chi connectivity index (χ3n) is 4.71. The summed E-state index contributed by atoms with van der Waals surface area (Å²) in [6.45, 7) is 3.27. The van der Waals surface area contributed by atoms with Gasteiger partial charge in [0.2, 0.25) is 23.6 Å². The Morgan fingerprint density at radius 3 is 2.67 bits per heavy atom. The van der Waals surface area contributed by atoms with E-state index in [0.717, 1.165) is 6.42 Å². The van der Waals surface area contributed by atoms with E-state index >= 15 is 0 Å². The minimum Gasteiger partial charge on any atom is -0.481 e. The van der Waals surface area contributed by atoms with E-state index in [4.69, 9.17) is 4.74 Å². The monoisotopic (exact) mass is 333 g/mol. The van der Waals surface area contributed by atoms with Gasteiger partial charge in [0.05, 0.1) is 7.11 Å². The lowest BCUT2D eigenvalue weighted by atomic mass is 9.94. The number of amides is 2. The Bertz CT molecular complexity index is 615. The number of likely N-dealkylation sites (tertiary alicyclic amines) is 1. The van der Waals surface area contributed by atoms with Crippen LogP contribution in [0.1, 0.15) is 12.8 Å². The van der Waals surface area contributed by atoms with Gasteiger partial charge in [0, 0.05) is 64.4 Å². The molecule has 24 heavy (non-hydrogen) atoms. The SMILES string of the molecule is COc1ccnc(N2CCN(C(=O)C3CCN(C)C(=O)C3)CC2)n1. The number of hydrogen-bond acceptors (Lipinski definition) is 6. The fraction of sp³-hybridized carbons (Fsp3) is 0.625. The van der Waals surface area contributed by atoms with E-state index in [0.29, 0.717) is 51.0 Å². The van der Waals surface area contributed by atoms with E-state index in [-0.39, 0.29) is 17.7 Å². The maximum atomic E-state index is 12.6. The fourth-order valence-corrected chi connectivity index (χ4v) is 3.14. The number of ether oxygens (including phenoxy) is 1. The molecule has 3 rings (SSSR count). The lowest BCUT2D eigenvalue weighted by Crippen LogP contribution is -2.52. The van der Waals surface area contributed by atoms with E-state index in [9.17, 15) is 9.59 Å². The van der Waals surface area contributed by atoms with Crippen LogP contribution in [-0.2, 0) is 9.59 Å². The smallest absolute Gasteiger partial charge is 0.228 e. The van der Waals surface area contributed by atoms with E-state index in [1.54, 1.807) is 31.3 Å². The van der Waals surface area contributed by atoms with Crippen LogP contribution in [-0.4, -0.2) is 78.5 Å². The second-order valence-electron chi connectivity index (χ2n) is 6.22. The van der Waals surface area contributed by atoms with Crippen molar-refractivity contribution in [3.63, 3.8) is 0 Å². The van der Waals surface area contributed by atoms with Crippen molar-refractivity contribution in [3.05, 3.63) is 12.3 Å². The Hall–Kier alpha value is -2.38. The molecule has 8 heteroatoms. The molecule has 1 aromatic rings. The van der Waals surface area contributed by atoms with Crippen LogP contribution in [0.4, 0.5) is 5.95 Å². The molecule has 1 aromatic heterocycles. The molecule has 130 valence electrons. The van der Waals surface area contributed by atoms with Crippen LogP contribution in [0.3, 0.4) is 0 Å². The van der Waals surface area contributed by atoms with Gasteiger partial charge >= 0.3 is 0 Å². The van der Waals surface area contributed by atoms with Gasteiger partial charge in [-0.25, -0.2) is 4.98 Å². The summed E-state index contributed by atoms with van der Waals surface area (Å²) in [5.41, 5.74) is 0. The van der Waals surface area contributed by atoms with E-state index in [1.807, 2.05) is 9.80 Å². The summed E-state index contributed by atoms with van der Waals surface area (Å²) in [6, 6.07) is 1.71. The molecular weight excluding hydrogens is 310 g/mol. The Morgan fingerprint density at radius 1 is 1.25 bits per heavy atom. The summed E-state index contributed by atoms with van der Waals surface area (Å²) >= 11 is 0. The van der Waals surface area contributed by atoms with Gasteiger partial charge in [0.25, 0.3) is 0 Å². The van der Waals surface area contributed by atoms with Crippen LogP contribution < -0.4 is 9.64 Å². The highest BCUT2D eigenvalue weighted by Crippen LogP contribution is 2.21. The van der Waals surface area contributed by atoms with Gasteiger partial charge in [-0.3, -0.25) is 9.59 Å². The lowest BCUT2D eigenvalue weighted by Gasteiger charge is -2.37. The van der Waals surface area contributed by atoms with Crippen LogP contribution in [0.5, 0.6) is 5.88 Å². The number of carbonyl (C=O) groups excluding carboxylic acids is 2. The molecule has 0 saturated carbocycles. The number of carbonyl (C=O) groups is 2. The van der Waals surface area contributed by atoms with Gasteiger partial charge in [-0.15, -0.1) is 0 Å². The Morgan fingerprint density at radius 2 is 2.00 bits per heavy atom. The first-order chi connectivity index (χ1) is 11.6. The average molecular weight is 333 g/mol. The quantitative estimate of drug-likeness (QED) is 0.775. The molecule has 2 saturated heterocycles. The van der Waals surface area contributed by atoms with Crippen molar-refractivity contribution in [2.45, 2.75) is 12.8 Å². The summed E-state index contributed by atoms with van der Waals surface area (Å²) in [7, 11) is 3.36. The van der Waals surface area contributed by atoms with Crippen molar-refractivity contribution < 1.29 is 14.3 Å². The summed E-state index contributed by atoms with van der Waals surface area (Å²) in [6.07, 6.45) is 2.75. The Kier molecular flexibility index (Phi) is 4.82. The molecule has 0 aliphatic carbocycles. The topological polar surface area (TPSA) is 78.9 Å². The molecule has 2 aliphatic heterocycles. The largest absolute Gasteiger partial charge is 0.481 e. The molecule has 3 heterocycles. The molecule has 0 spiro atoms. The van der Waals surface area contributed by atoms with Gasteiger partial charge in [0.1, 0.15) is 0 Å². The molecule has 2 aliphatic rings. The maximum Gasteiger partial charge on any atom is 0.228 e. The first kappa shape index (κ1) is 16.5. The third kappa shape index (κ3) is 3.42. The number of piperazine rings is 1. The Labute approximate surface area is 141 Å². The number of aromatic nitrogens is 2. The molecule has 0 N–H and O–H groups in total. The Balaban J connectivity index is 1.56. The molecular formula is C16H23N5O3. The first-order valence-corrected chi connectivity index (χ1v) is 8.23. The molecule has 2 fully saturated rings. The molecule has 2 amide bonds. The molecule has 8 nitrogen and oxygen atoms in total. The number of nitrogens with zero attached hydrogens (tertiary/aromatic N) is 5. The van der Waals surface area contributed by atoms with Gasteiger partial charge in [-0.1, -0.05) is 0 Å². The second kappa shape index (κ2) is 7.02. The van der Waals surface area contributed by atoms with Crippen molar-refractivity contribution in [1.82, 2.24) is 19.8 Å². The van der Waals surface area contributed by atoms with Crippen LogP contribution in [0.15, 0.2) is 12.3 Å². The lowest BCUT2D eigenvalue weighted by molar-refractivity contribution is -0.144. The van der Waals surface area contributed by atoms with Gasteiger partial charge < -0.3 is 19.4 Å². The summed E-state index contributed by atoms with van der Waals surface area (Å²) in [4.78, 5) is 38.6. The second-order valence-corrected chi connectivity index (χ2v) is 6.22. The highest BCUT2D eigenvalue weighted by atomic mass is 16.5. The molecule has 1 atom stereocenters. The minimum absolute atomic E-state index is 0.0583. The van der Waals surface area contributed by atoms with Crippen molar-refractivity contribution >= 4 is 17.8 Å². The zero-order chi connectivity index (χ0) is 17.1. The van der Waals surface area contributed by atoms with Gasteiger partial charge in [-0.05, 0) is 6.42 Å². The van der Waals surface area contributed by atoms with Crippen molar-refractivity contribution in [1.29, 1.82) is 0 Å². The summed E-state index contributed by atoms with van der Waals surface area (Å²) < 4.78 is 5.12. The number of methoxy groups -OCH3 is 1. The average Bonchev–Trinajstić information content (AvgIpc) is 2.63. The van der Waals surface area contributed by atoms with Crippen LogP contribution >= 0.6 is 0 Å². The predicted octanol–water partition coefficient (Wildman–Crippen LogP) is 0.00220. The van der Waals surface area contributed by atoms with Gasteiger partial charge in [0.15, 0.2) is 0 Å². The van der Waals surface area contributed by atoms with E-state index in [2.05, 4.69) is 9.97 Å². The van der Waals surface area contributed by atoms with Crippen LogP contribution in [0.25, 0.3) is 0 Å². The molecule has 0 aromatic carbocycles. The standard InChI is InChI=1S/C16H23N5O3/c1-19-6-4-12(11-14(19)22)15(23)20-7-9-21(10-8-20)16-17-5-3-13(18-16)24-2/h3,5,12H,4,6-11H2,1-2H3. The number of hydrogen-bond donors (Lipinski definition) is 0. The first-order valence-electron chi connectivity index (χ1n) is 8.23. The summed E-state index contributed by atoms with van der Waals surface area (Å²) in [5, 5.41) is 0. The number of piperidine rings is 1. The summed E-state index contributed by atoms with van der Waals surface area (Å²) in [5.74, 6) is 1.14. The van der Waals surface area contributed by atoms with Gasteiger partial charge in [-0.2, -0.15) is 4.98 Å².